The Hall–Kier alpha value is -0.160. The fraction of sp³-hybridized carbons (Fsp3) is 0.917. The maximum absolute atomic E-state index is 13.7. The van der Waals surface area contributed by atoms with E-state index in [4.69, 9.17) is 24.4 Å². The molecule has 0 aliphatic heterocycles. The summed E-state index contributed by atoms with van der Waals surface area (Å²) in [6, 6.07) is 0.547. The molecular weight excluding hydrogens is 502 g/mol. The van der Waals surface area contributed by atoms with Gasteiger partial charge in [0.25, 0.3) is 0 Å². The summed E-state index contributed by atoms with van der Waals surface area (Å²) >= 11 is 11.6. The first-order valence-electron chi connectivity index (χ1n) is 13.6. The van der Waals surface area contributed by atoms with Crippen LogP contribution in [0.25, 0.3) is 0 Å². The summed E-state index contributed by atoms with van der Waals surface area (Å²) in [5.41, 5.74) is 0. The Labute approximate surface area is 219 Å². The van der Waals surface area contributed by atoms with Gasteiger partial charge in [0.1, 0.15) is 0 Å². The van der Waals surface area contributed by atoms with Gasteiger partial charge in [0.05, 0.1) is 0 Å². The zero-order chi connectivity index (χ0) is 25.2. The van der Waals surface area contributed by atoms with Crippen molar-refractivity contribution >= 4 is 49.2 Å². The van der Waals surface area contributed by atoms with Crippen molar-refractivity contribution in [3.8, 4) is 0 Å². The second kappa shape index (κ2) is 14.5. The summed E-state index contributed by atoms with van der Waals surface area (Å²) < 4.78 is 31.6. The molecule has 0 amide bonds. The Bertz CT molecular complexity index is 677. The Morgan fingerprint density at radius 1 is 0.647 bits per heavy atom. The van der Waals surface area contributed by atoms with E-state index in [1.807, 2.05) is 27.7 Å². The number of rotatable bonds is 11. The van der Waals surface area contributed by atoms with E-state index < -0.39 is 14.6 Å². The third kappa shape index (κ3) is 7.67. The third-order valence-electron chi connectivity index (χ3n) is 7.70. The van der Waals surface area contributed by atoms with Crippen LogP contribution in [-0.4, -0.2) is 69.4 Å². The highest BCUT2D eigenvalue weighted by Crippen LogP contribution is 2.53. The first-order chi connectivity index (χ1) is 16.3. The number of hydrogen-bond acceptors (Lipinski definition) is 4. The van der Waals surface area contributed by atoms with Crippen molar-refractivity contribution in [2.75, 3.05) is 37.7 Å². The summed E-state index contributed by atoms with van der Waals surface area (Å²) in [6.45, 7) is 9.25. The monoisotopic (exact) mass is 550 g/mol. The van der Waals surface area contributed by atoms with E-state index in [0.29, 0.717) is 48.0 Å². The van der Waals surface area contributed by atoms with Gasteiger partial charge in [-0.2, -0.15) is 0 Å². The van der Waals surface area contributed by atoms with Gasteiger partial charge in [0.15, 0.2) is 24.8 Å². The molecule has 0 bridgehead atoms. The predicted octanol–water partition coefficient (Wildman–Crippen LogP) is 6.64. The van der Waals surface area contributed by atoms with Gasteiger partial charge in [-0.15, -0.1) is 0 Å². The van der Waals surface area contributed by atoms with Gasteiger partial charge in [0.2, 0.25) is 0 Å². The van der Waals surface area contributed by atoms with Gasteiger partial charge in [-0.05, 0) is 50.1 Å². The van der Waals surface area contributed by atoms with Crippen LogP contribution in [0.4, 0.5) is 0 Å². The van der Waals surface area contributed by atoms with Crippen LogP contribution in [0.5, 0.6) is 0 Å². The van der Waals surface area contributed by atoms with E-state index in [0.717, 1.165) is 25.7 Å². The van der Waals surface area contributed by atoms with Crippen molar-refractivity contribution in [3.05, 3.63) is 0 Å². The van der Waals surface area contributed by atoms with Crippen LogP contribution in [0.15, 0.2) is 0 Å². The normalized spacial score (nSPS) is 18.4. The van der Waals surface area contributed by atoms with Gasteiger partial charge < -0.3 is 19.8 Å². The summed E-state index contributed by atoms with van der Waals surface area (Å²) in [4.78, 5) is 0. The molecule has 0 spiro atoms. The van der Waals surface area contributed by atoms with Crippen LogP contribution in [0.1, 0.15) is 91.9 Å². The van der Waals surface area contributed by atoms with E-state index in [9.17, 15) is 9.13 Å². The molecule has 2 rings (SSSR count). The number of nitrogens with zero attached hydrogens (tertiary/aromatic N) is 2. The molecule has 2 saturated carbocycles. The Kier molecular flexibility index (Phi) is 12.9. The van der Waals surface area contributed by atoms with Gasteiger partial charge in [0, 0.05) is 49.8 Å². The van der Waals surface area contributed by atoms with E-state index in [2.05, 4.69) is 20.0 Å². The summed E-state index contributed by atoms with van der Waals surface area (Å²) in [5.74, 6) is 0. The number of thiocarbonyl (C=S) groups is 2. The van der Waals surface area contributed by atoms with Crippen LogP contribution in [0, 0.1) is 0 Å². The molecule has 0 aromatic rings. The molecule has 2 aliphatic rings. The average Bonchev–Trinajstić information content (AvgIpc) is 2.87. The molecule has 10 heteroatoms. The van der Waals surface area contributed by atoms with Crippen LogP contribution < -0.4 is 10.6 Å². The second-order valence-electron chi connectivity index (χ2n) is 9.69. The highest BCUT2D eigenvalue weighted by Gasteiger charge is 2.36. The van der Waals surface area contributed by atoms with Crippen molar-refractivity contribution < 1.29 is 9.13 Å². The highest BCUT2D eigenvalue weighted by atomic mass is 32.1. The molecule has 0 unspecified atom stereocenters. The Morgan fingerprint density at radius 2 is 0.941 bits per heavy atom. The van der Waals surface area contributed by atoms with Crippen molar-refractivity contribution in [3.63, 3.8) is 0 Å². The van der Waals surface area contributed by atoms with Crippen molar-refractivity contribution in [2.45, 2.75) is 104 Å². The molecule has 0 saturated heterocycles. The minimum atomic E-state index is -2.51. The zero-order valence-corrected chi connectivity index (χ0v) is 25.3. The largest absolute Gasteiger partial charge is 0.361 e. The molecule has 6 nitrogen and oxygen atoms in total. The van der Waals surface area contributed by atoms with Crippen LogP contribution in [0.2, 0.25) is 0 Å². The summed E-state index contributed by atoms with van der Waals surface area (Å²) in [5, 5.41) is 7.97. The van der Waals surface area contributed by atoms with E-state index in [1.165, 1.54) is 38.5 Å². The lowest BCUT2D eigenvalue weighted by molar-refractivity contribution is 0.319. The molecule has 0 aromatic carbocycles. The van der Waals surface area contributed by atoms with Gasteiger partial charge >= 0.3 is 0 Å². The topological polar surface area (TPSA) is 64.7 Å². The van der Waals surface area contributed by atoms with E-state index in [1.54, 1.807) is 0 Å². The van der Waals surface area contributed by atoms with Crippen molar-refractivity contribution in [1.29, 1.82) is 0 Å². The molecule has 198 valence electrons. The Balaban J connectivity index is 2.00. The van der Waals surface area contributed by atoms with Crippen LogP contribution in [-0.2, 0) is 9.13 Å². The fourth-order valence-electron chi connectivity index (χ4n) is 5.47. The SMILES string of the molecule is CCP(=O)(CC)N(C(=S)NCCNC(=S)N(C1CCCCC1)P(=O)(CC)CC)C1CCCCC1. The lowest BCUT2D eigenvalue weighted by Gasteiger charge is -2.41. The first kappa shape index (κ1) is 30.1. The Morgan fingerprint density at radius 3 is 1.21 bits per heavy atom. The molecule has 0 radical (unpaired) electrons. The quantitative estimate of drug-likeness (QED) is 0.169. The maximum Gasteiger partial charge on any atom is 0.174 e. The zero-order valence-electron chi connectivity index (χ0n) is 21.9. The molecule has 2 aliphatic carbocycles. The average molecular weight is 551 g/mol. The first-order valence-corrected chi connectivity index (χ1v) is 18.4. The molecular formula is C24H48N4O2P2S2. The van der Waals surface area contributed by atoms with E-state index >= 15 is 0 Å². The van der Waals surface area contributed by atoms with Crippen LogP contribution in [0.3, 0.4) is 0 Å². The molecule has 0 aromatic heterocycles. The third-order valence-corrected chi connectivity index (χ3v) is 15.2. The van der Waals surface area contributed by atoms with Crippen LogP contribution >= 0.6 is 39.0 Å². The standard InChI is InChI=1S/C24H48N4O2P2S2/c1-5-31(29,6-2)27(21-15-11-9-12-16-21)23(33)25-19-20-26-24(34)28(32(30,7-3)8-4)22-17-13-10-14-18-22/h21-22H,5-20H2,1-4H3,(H,25,33)(H,26,34). The van der Waals surface area contributed by atoms with Gasteiger partial charge in [-0.1, -0.05) is 66.2 Å². The predicted molar refractivity (Wildman–Crippen MR) is 156 cm³/mol. The lowest BCUT2D eigenvalue weighted by Crippen LogP contribution is -2.49. The lowest BCUT2D eigenvalue weighted by atomic mass is 9.96. The van der Waals surface area contributed by atoms with Crippen molar-refractivity contribution in [2.24, 2.45) is 0 Å². The smallest absolute Gasteiger partial charge is 0.174 e. The van der Waals surface area contributed by atoms with Gasteiger partial charge in [-0.25, -0.2) is 0 Å². The molecule has 2 fully saturated rings. The van der Waals surface area contributed by atoms with Gasteiger partial charge in [-0.3, -0.25) is 9.34 Å². The number of hydrogen-bond donors (Lipinski definition) is 2. The maximum atomic E-state index is 13.7. The van der Waals surface area contributed by atoms with Crippen molar-refractivity contribution in [1.82, 2.24) is 20.0 Å². The number of nitrogens with one attached hydrogen (secondary N) is 2. The minimum absolute atomic E-state index is 0.273. The summed E-state index contributed by atoms with van der Waals surface area (Å²) in [7, 11) is -5.02. The second-order valence-corrected chi connectivity index (χ2v) is 17.2. The molecule has 0 atom stereocenters. The molecule has 2 N–H and O–H groups in total. The highest BCUT2D eigenvalue weighted by molar-refractivity contribution is 7.81. The summed E-state index contributed by atoms with van der Waals surface area (Å²) in [6.07, 6.45) is 14.1. The van der Waals surface area contributed by atoms with E-state index in [-0.39, 0.29) is 12.1 Å². The fourth-order valence-corrected chi connectivity index (χ4v) is 11.4. The molecule has 34 heavy (non-hydrogen) atoms. The minimum Gasteiger partial charge on any atom is -0.361 e. The molecule has 0 heterocycles.